The van der Waals surface area contributed by atoms with Crippen molar-refractivity contribution in [3.63, 3.8) is 0 Å². The van der Waals surface area contributed by atoms with Gasteiger partial charge in [0.25, 0.3) is 0 Å². The zero-order chi connectivity index (χ0) is 11.3. The Hall–Kier alpha value is -0.340. The fourth-order valence-electron chi connectivity index (χ4n) is 2.97. The number of hydrogen-bond acceptors (Lipinski definition) is 2. The van der Waals surface area contributed by atoms with E-state index in [-0.39, 0.29) is 0 Å². The lowest BCUT2D eigenvalue weighted by molar-refractivity contribution is -0.0731. The fourth-order valence-corrected chi connectivity index (χ4v) is 2.97. The Morgan fingerprint density at radius 1 is 1.33 bits per heavy atom. The molecule has 86 valence electrons. The molecule has 2 saturated heterocycles. The highest BCUT2D eigenvalue weighted by atomic mass is 15.4. The number of likely N-dealkylation sites (tertiary alicyclic amines) is 2. The van der Waals surface area contributed by atoms with Gasteiger partial charge in [0.15, 0.2) is 0 Å². The van der Waals surface area contributed by atoms with E-state index in [0.717, 1.165) is 13.1 Å². The first kappa shape index (κ1) is 11.2. The van der Waals surface area contributed by atoms with Gasteiger partial charge in [0.2, 0.25) is 0 Å². The average molecular weight is 208 g/mol. The molecule has 2 aliphatic rings. The molecule has 2 nitrogen and oxygen atoms in total. The Labute approximate surface area is 93.9 Å². The summed E-state index contributed by atoms with van der Waals surface area (Å²) in [5, 5.41) is 0. The van der Waals surface area contributed by atoms with Crippen molar-refractivity contribution in [1.29, 1.82) is 0 Å². The zero-order valence-electron chi connectivity index (χ0n) is 10.6. The molecule has 0 aliphatic carbocycles. The van der Waals surface area contributed by atoms with E-state index in [9.17, 15) is 0 Å². The molecule has 0 unspecified atom stereocenters. The van der Waals surface area contributed by atoms with Crippen LogP contribution in [0, 0.1) is 0 Å². The molecule has 0 aromatic carbocycles. The van der Waals surface area contributed by atoms with Gasteiger partial charge in [-0.1, -0.05) is 19.1 Å². The Bertz CT molecular complexity index is 269. The van der Waals surface area contributed by atoms with E-state index in [1.54, 1.807) is 0 Å². The topological polar surface area (TPSA) is 6.48 Å². The molecule has 0 saturated carbocycles. The van der Waals surface area contributed by atoms with Crippen molar-refractivity contribution in [3.8, 4) is 0 Å². The predicted octanol–water partition coefficient (Wildman–Crippen LogP) is 2.12. The summed E-state index contributed by atoms with van der Waals surface area (Å²) >= 11 is 0. The molecule has 15 heavy (non-hydrogen) atoms. The van der Waals surface area contributed by atoms with Gasteiger partial charge >= 0.3 is 0 Å². The molecule has 0 bridgehead atoms. The van der Waals surface area contributed by atoms with Gasteiger partial charge < -0.3 is 0 Å². The third kappa shape index (κ3) is 1.74. The molecule has 0 aromatic rings. The fraction of sp³-hybridized carbons (Fsp3) is 0.846. The molecule has 2 aliphatic heterocycles. The second-order valence-electron chi connectivity index (χ2n) is 6.19. The van der Waals surface area contributed by atoms with E-state index >= 15 is 0 Å². The van der Waals surface area contributed by atoms with Crippen molar-refractivity contribution in [1.82, 2.24) is 9.80 Å². The predicted molar refractivity (Wildman–Crippen MR) is 65.1 cm³/mol. The van der Waals surface area contributed by atoms with E-state index < -0.39 is 0 Å². The van der Waals surface area contributed by atoms with Crippen molar-refractivity contribution in [3.05, 3.63) is 12.2 Å². The molecule has 0 N–H and O–H groups in total. The van der Waals surface area contributed by atoms with Crippen LogP contribution in [-0.4, -0.2) is 47.1 Å². The summed E-state index contributed by atoms with van der Waals surface area (Å²) in [4.78, 5) is 5.19. The second kappa shape index (κ2) is 3.33. The maximum absolute atomic E-state index is 4.16. The Morgan fingerprint density at radius 2 is 1.93 bits per heavy atom. The van der Waals surface area contributed by atoms with Crippen LogP contribution in [0.5, 0.6) is 0 Å². The van der Waals surface area contributed by atoms with Gasteiger partial charge in [-0.05, 0) is 33.7 Å². The maximum Gasteiger partial charge on any atom is 0.0504 e. The average Bonchev–Trinajstić information content (AvgIpc) is 2.37. The summed E-state index contributed by atoms with van der Waals surface area (Å²) in [5.41, 5.74) is 2.19. The molecule has 0 radical (unpaired) electrons. The van der Waals surface area contributed by atoms with Crippen LogP contribution in [0.2, 0.25) is 0 Å². The summed E-state index contributed by atoms with van der Waals surface area (Å²) in [6, 6.07) is 0. The van der Waals surface area contributed by atoms with E-state index in [1.165, 1.54) is 25.1 Å². The summed E-state index contributed by atoms with van der Waals surface area (Å²) in [6.45, 7) is 18.1. The standard InChI is InChI=1S/C13H24N2/c1-6-14-8-11(2)7-13(14)9-15(10-13)12(3,4)5/h2,6-10H2,1,3-5H3. The molecule has 2 rings (SSSR count). The van der Waals surface area contributed by atoms with E-state index in [1.807, 2.05) is 0 Å². The van der Waals surface area contributed by atoms with Crippen LogP contribution in [0.25, 0.3) is 0 Å². The molecule has 2 heteroatoms. The number of likely N-dealkylation sites (N-methyl/N-ethyl adjacent to an activating group) is 1. The van der Waals surface area contributed by atoms with Crippen LogP contribution in [0.3, 0.4) is 0 Å². The molecule has 0 amide bonds. The summed E-state index contributed by atoms with van der Waals surface area (Å²) in [5.74, 6) is 0. The first-order valence-electron chi connectivity index (χ1n) is 6.04. The Balaban J connectivity index is 2.04. The van der Waals surface area contributed by atoms with Gasteiger partial charge in [-0.2, -0.15) is 0 Å². The Morgan fingerprint density at radius 3 is 2.40 bits per heavy atom. The first-order chi connectivity index (χ1) is 6.87. The van der Waals surface area contributed by atoms with Crippen molar-refractivity contribution < 1.29 is 0 Å². The normalized spacial score (nSPS) is 27.3. The van der Waals surface area contributed by atoms with Crippen LogP contribution < -0.4 is 0 Å². The molecule has 0 aromatic heterocycles. The maximum atomic E-state index is 4.16. The van der Waals surface area contributed by atoms with E-state index in [0.29, 0.717) is 11.1 Å². The molecule has 2 fully saturated rings. The number of nitrogens with zero attached hydrogens (tertiary/aromatic N) is 2. The quantitative estimate of drug-likeness (QED) is 0.609. The van der Waals surface area contributed by atoms with Gasteiger partial charge in [-0.25, -0.2) is 0 Å². The van der Waals surface area contributed by atoms with E-state index in [4.69, 9.17) is 0 Å². The van der Waals surface area contributed by atoms with E-state index in [2.05, 4.69) is 44.1 Å². The molecular formula is C13H24N2. The molecule has 2 heterocycles. The molecule has 0 atom stereocenters. The largest absolute Gasteiger partial charge is 0.295 e. The van der Waals surface area contributed by atoms with Crippen molar-refractivity contribution >= 4 is 0 Å². The number of hydrogen-bond donors (Lipinski definition) is 0. The minimum absolute atomic E-state index is 0.328. The lowest BCUT2D eigenvalue weighted by Crippen LogP contribution is -2.71. The second-order valence-corrected chi connectivity index (χ2v) is 6.19. The highest BCUT2D eigenvalue weighted by Crippen LogP contribution is 2.41. The van der Waals surface area contributed by atoms with Gasteiger partial charge in [-0.15, -0.1) is 0 Å². The third-order valence-electron chi connectivity index (χ3n) is 3.97. The highest BCUT2D eigenvalue weighted by Gasteiger charge is 2.52. The van der Waals surface area contributed by atoms with Gasteiger partial charge in [0, 0.05) is 25.2 Å². The minimum atomic E-state index is 0.328. The molecule has 1 spiro atoms. The lowest BCUT2D eigenvalue weighted by atomic mass is 9.82. The van der Waals surface area contributed by atoms with Crippen molar-refractivity contribution in [2.75, 3.05) is 26.2 Å². The van der Waals surface area contributed by atoms with Crippen LogP contribution in [0.15, 0.2) is 12.2 Å². The Kier molecular flexibility index (Phi) is 2.47. The summed E-state index contributed by atoms with van der Waals surface area (Å²) in [7, 11) is 0. The summed E-state index contributed by atoms with van der Waals surface area (Å²) < 4.78 is 0. The highest BCUT2D eigenvalue weighted by molar-refractivity contribution is 5.21. The SMILES string of the molecule is C=C1CN(CC)C2(C1)CN(C(C)(C)C)C2. The van der Waals surface area contributed by atoms with Gasteiger partial charge in [0.05, 0.1) is 5.54 Å². The van der Waals surface area contributed by atoms with Crippen molar-refractivity contribution in [2.45, 2.75) is 45.2 Å². The third-order valence-corrected chi connectivity index (χ3v) is 3.97. The van der Waals surface area contributed by atoms with Crippen molar-refractivity contribution in [2.24, 2.45) is 0 Å². The zero-order valence-corrected chi connectivity index (χ0v) is 10.6. The molecular weight excluding hydrogens is 184 g/mol. The minimum Gasteiger partial charge on any atom is -0.295 e. The van der Waals surface area contributed by atoms with Crippen LogP contribution in [0.1, 0.15) is 34.1 Å². The summed E-state index contributed by atoms with van der Waals surface area (Å²) in [6.07, 6.45) is 1.22. The van der Waals surface area contributed by atoms with Crippen LogP contribution >= 0.6 is 0 Å². The monoisotopic (exact) mass is 208 g/mol. The lowest BCUT2D eigenvalue weighted by Gasteiger charge is -2.57. The van der Waals surface area contributed by atoms with Gasteiger partial charge in [-0.3, -0.25) is 9.80 Å². The smallest absolute Gasteiger partial charge is 0.0504 e. The van der Waals surface area contributed by atoms with Crippen LogP contribution in [0.4, 0.5) is 0 Å². The first-order valence-corrected chi connectivity index (χ1v) is 6.04. The number of rotatable bonds is 1. The van der Waals surface area contributed by atoms with Gasteiger partial charge in [0.1, 0.15) is 0 Å². The van der Waals surface area contributed by atoms with Crippen LogP contribution in [-0.2, 0) is 0 Å².